The lowest BCUT2D eigenvalue weighted by molar-refractivity contribution is 0.0995. The summed E-state index contributed by atoms with van der Waals surface area (Å²) in [5.41, 5.74) is 7.95. The van der Waals surface area contributed by atoms with Crippen molar-refractivity contribution < 1.29 is 4.79 Å². The van der Waals surface area contributed by atoms with Gasteiger partial charge in [-0.3, -0.25) is 9.78 Å². The van der Waals surface area contributed by atoms with Crippen molar-refractivity contribution >= 4 is 23.2 Å². The number of nitrogens with zero attached hydrogens (tertiary/aromatic N) is 6. The van der Waals surface area contributed by atoms with Crippen LogP contribution in [0, 0.1) is 0 Å². The Kier molecular flexibility index (Phi) is 5.06. The molecule has 4 aromatic rings. The van der Waals surface area contributed by atoms with Gasteiger partial charge in [0.2, 0.25) is 0 Å². The van der Waals surface area contributed by atoms with Crippen molar-refractivity contribution in [3.8, 4) is 5.69 Å². The van der Waals surface area contributed by atoms with Gasteiger partial charge in [0, 0.05) is 43.1 Å². The molecule has 10 nitrogen and oxygen atoms in total. The predicted molar refractivity (Wildman–Crippen MR) is 107 cm³/mol. The number of hydrogen-bond donors (Lipinski definition) is 3. The summed E-state index contributed by atoms with van der Waals surface area (Å²) in [4.78, 5) is 23.9. The van der Waals surface area contributed by atoms with Crippen LogP contribution < -0.4 is 16.4 Å². The number of nitrogens with one attached hydrogen (secondary N) is 2. The standard InChI is InChI=1S/C19H17N9O/c20-19(29)18-15(9-16(26-27-18)25-17-11-21-4-5-23-17)24-10-13-2-1-3-14(8-13)28-7-6-22-12-28/h1-9,11-12H,10H2,(H2,20,29)(H2,23,24,25,26). The minimum Gasteiger partial charge on any atom is -0.379 e. The molecule has 29 heavy (non-hydrogen) atoms. The summed E-state index contributed by atoms with van der Waals surface area (Å²) in [5, 5.41) is 14.1. The molecule has 0 unspecified atom stereocenters. The van der Waals surface area contributed by atoms with Crippen LogP contribution in [0.1, 0.15) is 16.1 Å². The third-order valence-corrected chi connectivity index (χ3v) is 4.04. The van der Waals surface area contributed by atoms with Crippen molar-refractivity contribution in [1.29, 1.82) is 0 Å². The number of anilines is 3. The summed E-state index contributed by atoms with van der Waals surface area (Å²) >= 11 is 0. The first-order valence-electron chi connectivity index (χ1n) is 8.71. The van der Waals surface area contributed by atoms with Crippen LogP contribution in [-0.4, -0.2) is 35.6 Å². The second kappa shape index (κ2) is 8.13. The minimum atomic E-state index is -0.668. The summed E-state index contributed by atoms with van der Waals surface area (Å²) in [5.74, 6) is 0.246. The first-order chi connectivity index (χ1) is 14.2. The van der Waals surface area contributed by atoms with Crippen molar-refractivity contribution in [2.75, 3.05) is 10.6 Å². The highest BCUT2D eigenvalue weighted by molar-refractivity contribution is 5.96. The normalized spacial score (nSPS) is 10.5. The van der Waals surface area contributed by atoms with E-state index in [0.717, 1.165) is 11.3 Å². The molecule has 0 saturated heterocycles. The molecule has 144 valence electrons. The zero-order valence-electron chi connectivity index (χ0n) is 15.2. The van der Waals surface area contributed by atoms with Gasteiger partial charge in [0.05, 0.1) is 18.2 Å². The fourth-order valence-electron chi connectivity index (χ4n) is 2.70. The number of hydrogen-bond acceptors (Lipinski definition) is 8. The summed E-state index contributed by atoms with van der Waals surface area (Å²) < 4.78 is 1.91. The Hall–Kier alpha value is -4.34. The molecule has 4 N–H and O–H groups in total. The van der Waals surface area contributed by atoms with Gasteiger partial charge in [0.1, 0.15) is 5.82 Å². The lowest BCUT2D eigenvalue weighted by atomic mass is 10.2. The highest BCUT2D eigenvalue weighted by Crippen LogP contribution is 2.20. The maximum Gasteiger partial charge on any atom is 0.271 e. The molecule has 0 atom stereocenters. The first kappa shape index (κ1) is 18.0. The maximum absolute atomic E-state index is 11.7. The average molecular weight is 387 g/mol. The van der Waals surface area contributed by atoms with Gasteiger partial charge in [-0.15, -0.1) is 10.2 Å². The molecule has 0 fully saturated rings. The van der Waals surface area contributed by atoms with Crippen LogP contribution in [0.15, 0.2) is 67.6 Å². The number of imidazole rings is 1. The summed E-state index contributed by atoms with van der Waals surface area (Å²) in [6.45, 7) is 0.457. The minimum absolute atomic E-state index is 0.0560. The Morgan fingerprint density at radius 2 is 2.00 bits per heavy atom. The van der Waals surface area contributed by atoms with E-state index >= 15 is 0 Å². The van der Waals surface area contributed by atoms with E-state index in [1.165, 1.54) is 0 Å². The Bertz CT molecular complexity index is 1110. The molecule has 1 amide bonds. The Balaban J connectivity index is 1.55. The van der Waals surface area contributed by atoms with Crippen molar-refractivity contribution in [3.05, 3.63) is 78.9 Å². The summed E-state index contributed by atoms with van der Waals surface area (Å²) in [6, 6.07) is 9.59. The zero-order chi connectivity index (χ0) is 20.1. The number of rotatable bonds is 7. The highest BCUT2D eigenvalue weighted by atomic mass is 16.1. The second-order valence-electron chi connectivity index (χ2n) is 6.07. The van der Waals surface area contributed by atoms with Gasteiger partial charge in [-0.25, -0.2) is 9.97 Å². The molecule has 0 aliphatic heterocycles. The van der Waals surface area contributed by atoms with E-state index in [2.05, 4.69) is 35.8 Å². The molecule has 3 aromatic heterocycles. The fourth-order valence-corrected chi connectivity index (χ4v) is 2.70. The lowest BCUT2D eigenvalue weighted by Crippen LogP contribution is -2.18. The number of benzene rings is 1. The zero-order valence-corrected chi connectivity index (χ0v) is 15.2. The van der Waals surface area contributed by atoms with E-state index in [1.807, 2.05) is 35.0 Å². The van der Waals surface area contributed by atoms with Crippen molar-refractivity contribution in [3.63, 3.8) is 0 Å². The molecular weight excluding hydrogens is 370 g/mol. The smallest absolute Gasteiger partial charge is 0.271 e. The molecule has 10 heteroatoms. The molecule has 1 aromatic carbocycles. The van der Waals surface area contributed by atoms with E-state index in [9.17, 15) is 4.79 Å². The molecule has 3 heterocycles. The third-order valence-electron chi connectivity index (χ3n) is 4.04. The van der Waals surface area contributed by atoms with E-state index in [-0.39, 0.29) is 5.69 Å². The van der Waals surface area contributed by atoms with Crippen LogP contribution >= 0.6 is 0 Å². The number of amides is 1. The molecule has 0 radical (unpaired) electrons. The maximum atomic E-state index is 11.7. The van der Waals surface area contributed by atoms with Gasteiger partial charge < -0.3 is 20.9 Å². The topological polar surface area (TPSA) is 137 Å². The van der Waals surface area contributed by atoms with Gasteiger partial charge in [-0.05, 0) is 17.7 Å². The molecule has 0 spiro atoms. The van der Waals surface area contributed by atoms with Gasteiger partial charge >= 0.3 is 0 Å². The second-order valence-corrected chi connectivity index (χ2v) is 6.07. The number of carbonyl (C=O) groups excluding carboxylic acids is 1. The van der Waals surface area contributed by atoms with E-state index in [0.29, 0.717) is 23.9 Å². The number of aromatic nitrogens is 6. The van der Waals surface area contributed by atoms with Gasteiger partial charge in [-0.1, -0.05) is 12.1 Å². The van der Waals surface area contributed by atoms with Gasteiger partial charge in [0.15, 0.2) is 11.5 Å². The van der Waals surface area contributed by atoms with Crippen LogP contribution in [0.25, 0.3) is 5.69 Å². The van der Waals surface area contributed by atoms with Crippen LogP contribution in [0.2, 0.25) is 0 Å². The van der Waals surface area contributed by atoms with Crippen molar-refractivity contribution in [2.45, 2.75) is 6.54 Å². The van der Waals surface area contributed by atoms with E-state index < -0.39 is 5.91 Å². The van der Waals surface area contributed by atoms with Crippen LogP contribution in [-0.2, 0) is 6.54 Å². The average Bonchev–Trinajstić information content (AvgIpc) is 3.28. The van der Waals surface area contributed by atoms with Crippen LogP contribution in [0.4, 0.5) is 17.3 Å². The Morgan fingerprint density at radius 3 is 2.76 bits per heavy atom. The molecule has 0 saturated carbocycles. The number of carbonyl (C=O) groups is 1. The summed E-state index contributed by atoms with van der Waals surface area (Å²) in [7, 11) is 0. The number of primary amides is 1. The summed E-state index contributed by atoms with van der Waals surface area (Å²) in [6.07, 6.45) is 10.00. The van der Waals surface area contributed by atoms with Gasteiger partial charge in [0.25, 0.3) is 5.91 Å². The Labute approximate surface area is 165 Å². The molecular formula is C19H17N9O. The van der Waals surface area contributed by atoms with E-state index in [4.69, 9.17) is 5.73 Å². The Morgan fingerprint density at radius 1 is 1.07 bits per heavy atom. The fraction of sp³-hybridized carbons (Fsp3) is 0.0526. The largest absolute Gasteiger partial charge is 0.379 e. The van der Waals surface area contributed by atoms with Crippen LogP contribution in [0.3, 0.4) is 0 Å². The molecule has 4 rings (SSSR count). The molecule has 0 aliphatic carbocycles. The third kappa shape index (κ3) is 4.33. The predicted octanol–water partition coefficient (Wildman–Crippen LogP) is 1.91. The molecule has 0 aliphatic rings. The quantitative estimate of drug-likeness (QED) is 0.437. The highest BCUT2D eigenvalue weighted by Gasteiger charge is 2.13. The SMILES string of the molecule is NC(=O)c1nnc(Nc2cnccn2)cc1NCc1cccc(-n2ccnc2)c1. The first-order valence-corrected chi connectivity index (χ1v) is 8.71. The molecule has 0 bridgehead atoms. The number of nitrogens with two attached hydrogens (primary N) is 1. The van der Waals surface area contributed by atoms with Crippen LogP contribution in [0.5, 0.6) is 0 Å². The lowest BCUT2D eigenvalue weighted by Gasteiger charge is -2.12. The van der Waals surface area contributed by atoms with Crippen molar-refractivity contribution in [2.24, 2.45) is 5.73 Å². The van der Waals surface area contributed by atoms with E-state index in [1.54, 1.807) is 37.2 Å². The van der Waals surface area contributed by atoms with Crippen molar-refractivity contribution in [1.82, 2.24) is 29.7 Å². The van der Waals surface area contributed by atoms with Gasteiger partial charge in [-0.2, -0.15) is 0 Å². The monoisotopic (exact) mass is 387 g/mol.